The van der Waals surface area contributed by atoms with Crippen LogP contribution in [0.4, 0.5) is 0 Å². The molecule has 1 aliphatic carbocycles. The third-order valence-corrected chi connectivity index (χ3v) is 2.24. The third kappa shape index (κ3) is 2.96. The topological polar surface area (TPSA) is 26.3 Å². The van der Waals surface area contributed by atoms with Crippen LogP contribution in [0.2, 0.25) is 0 Å². The SMILES string of the molecule is COC(=O)C#CCC1CCCC1. The van der Waals surface area contributed by atoms with Gasteiger partial charge in [0, 0.05) is 12.3 Å². The number of methoxy groups -OCH3 is 1. The molecular formula is C10H14O2. The Morgan fingerprint density at radius 2 is 2.17 bits per heavy atom. The van der Waals surface area contributed by atoms with E-state index in [0.29, 0.717) is 0 Å². The van der Waals surface area contributed by atoms with Crippen molar-refractivity contribution in [2.24, 2.45) is 5.92 Å². The molecule has 1 aliphatic rings. The lowest BCUT2D eigenvalue weighted by Crippen LogP contribution is -1.95. The second kappa shape index (κ2) is 4.82. The van der Waals surface area contributed by atoms with E-state index in [9.17, 15) is 4.79 Å². The van der Waals surface area contributed by atoms with E-state index in [1.54, 1.807) is 0 Å². The molecule has 66 valence electrons. The minimum absolute atomic E-state index is 0.423. The Kier molecular flexibility index (Phi) is 3.66. The smallest absolute Gasteiger partial charge is 0.384 e. The van der Waals surface area contributed by atoms with Gasteiger partial charge >= 0.3 is 5.97 Å². The van der Waals surface area contributed by atoms with Gasteiger partial charge in [-0.2, -0.15) is 0 Å². The zero-order valence-corrected chi connectivity index (χ0v) is 7.43. The van der Waals surface area contributed by atoms with E-state index in [0.717, 1.165) is 12.3 Å². The van der Waals surface area contributed by atoms with Crippen molar-refractivity contribution in [1.29, 1.82) is 0 Å². The first-order valence-corrected chi connectivity index (χ1v) is 4.39. The highest BCUT2D eigenvalue weighted by atomic mass is 16.5. The number of hydrogen-bond donors (Lipinski definition) is 0. The van der Waals surface area contributed by atoms with Gasteiger partial charge in [-0.05, 0) is 18.8 Å². The zero-order chi connectivity index (χ0) is 8.81. The first-order chi connectivity index (χ1) is 5.83. The van der Waals surface area contributed by atoms with Crippen LogP contribution in [-0.4, -0.2) is 13.1 Å². The highest BCUT2D eigenvalue weighted by molar-refractivity contribution is 5.88. The van der Waals surface area contributed by atoms with E-state index >= 15 is 0 Å². The molecule has 0 atom stereocenters. The van der Waals surface area contributed by atoms with Crippen LogP contribution < -0.4 is 0 Å². The summed E-state index contributed by atoms with van der Waals surface area (Å²) in [5.41, 5.74) is 0. The molecule has 1 rings (SSSR count). The van der Waals surface area contributed by atoms with E-state index in [2.05, 4.69) is 16.6 Å². The number of hydrogen-bond acceptors (Lipinski definition) is 2. The lowest BCUT2D eigenvalue weighted by atomic mass is 10.1. The van der Waals surface area contributed by atoms with Crippen LogP contribution in [0, 0.1) is 17.8 Å². The van der Waals surface area contributed by atoms with E-state index in [1.807, 2.05) is 0 Å². The van der Waals surface area contributed by atoms with Crippen LogP contribution in [0.1, 0.15) is 32.1 Å². The van der Waals surface area contributed by atoms with Crippen molar-refractivity contribution >= 4 is 5.97 Å². The lowest BCUT2D eigenvalue weighted by Gasteiger charge is -1.99. The molecule has 0 spiro atoms. The Morgan fingerprint density at radius 3 is 2.75 bits per heavy atom. The summed E-state index contributed by atoms with van der Waals surface area (Å²) in [4.78, 5) is 10.6. The van der Waals surface area contributed by atoms with Gasteiger partial charge in [-0.3, -0.25) is 0 Å². The summed E-state index contributed by atoms with van der Waals surface area (Å²) in [5, 5.41) is 0. The fraction of sp³-hybridized carbons (Fsp3) is 0.700. The highest BCUT2D eigenvalue weighted by Crippen LogP contribution is 2.26. The number of carbonyl (C=O) groups excluding carboxylic acids is 1. The molecule has 0 radical (unpaired) electrons. The third-order valence-electron chi connectivity index (χ3n) is 2.24. The van der Waals surface area contributed by atoms with Gasteiger partial charge in [0.15, 0.2) is 0 Å². The van der Waals surface area contributed by atoms with E-state index in [4.69, 9.17) is 0 Å². The molecule has 0 unspecified atom stereocenters. The van der Waals surface area contributed by atoms with Crippen LogP contribution in [0.3, 0.4) is 0 Å². The maximum absolute atomic E-state index is 10.6. The molecular weight excluding hydrogens is 152 g/mol. The lowest BCUT2D eigenvalue weighted by molar-refractivity contribution is -0.133. The minimum atomic E-state index is -0.423. The summed E-state index contributed by atoms with van der Waals surface area (Å²) in [6.45, 7) is 0. The summed E-state index contributed by atoms with van der Waals surface area (Å²) in [7, 11) is 1.35. The molecule has 0 aromatic heterocycles. The van der Waals surface area contributed by atoms with Gasteiger partial charge < -0.3 is 4.74 Å². The van der Waals surface area contributed by atoms with Crippen molar-refractivity contribution in [3.05, 3.63) is 0 Å². The molecule has 0 heterocycles. The first kappa shape index (κ1) is 9.12. The first-order valence-electron chi connectivity index (χ1n) is 4.39. The van der Waals surface area contributed by atoms with E-state index in [1.165, 1.54) is 32.8 Å². The summed E-state index contributed by atoms with van der Waals surface area (Å²) in [6.07, 6.45) is 6.05. The molecule has 0 amide bonds. The normalized spacial score (nSPS) is 16.8. The van der Waals surface area contributed by atoms with E-state index in [-0.39, 0.29) is 0 Å². The summed E-state index contributed by atoms with van der Waals surface area (Å²) in [5.74, 6) is 5.60. The quantitative estimate of drug-likeness (QED) is 0.337. The number of rotatable bonds is 1. The average Bonchev–Trinajstić information content (AvgIpc) is 2.57. The fourth-order valence-corrected chi connectivity index (χ4v) is 1.53. The second-order valence-electron chi connectivity index (χ2n) is 3.15. The number of ether oxygens (including phenoxy) is 1. The molecule has 0 aromatic rings. The van der Waals surface area contributed by atoms with Crippen LogP contribution in [0.25, 0.3) is 0 Å². The molecule has 0 bridgehead atoms. The molecule has 2 nitrogen and oxygen atoms in total. The van der Waals surface area contributed by atoms with Gasteiger partial charge in [0.05, 0.1) is 7.11 Å². The van der Waals surface area contributed by atoms with Crippen LogP contribution in [0.15, 0.2) is 0 Å². The molecule has 0 saturated heterocycles. The van der Waals surface area contributed by atoms with Crippen molar-refractivity contribution in [3.63, 3.8) is 0 Å². The summed E-state index contributed by atoms with van der Waals surface area (Å²) in [6, 6.07) is 0. The number of carbonyl (C=O) groups is 1. The highest BCUT2D eigenvalue weighted by Gasteiger charge is 2.12. The van der Waals surface area contributed by atoms with Crippen LogP contribution >= 0.6 is 0 Å². The zero-order valence-electron chi connectivity index (χ0n) is 7.43. The van der Waals surface area contributed by atoms with Crippen molar-refractivity contribution in [2.75, 3.05) is 7.11 Å². The Balaban J connectivity index is 2.21. The van der Waals surface area contributed by atoms with Gasteiger partial charge in [0.25, 0.3) is 0 Å². The van der Waals surface area contributed by atoms with Crippen molar-refractivity contribution < 1.29 is 9.53 Å². The Hall–Kier alpha value is -0.970. The van der Waals surface area contributed by atoms with Gasteiger partial charge in [0.1, 0.15) is 0 Å². The standard InChI is InChI=1S/C10H14O2/c1-12-10(11)8-4-7-9-5-2-3-6-9/h9H,2-3,5-7H2,1H3. The Morgan fingerprint density at radius 1 is 1.50 bits per heavy atom. The number of esters is 1. The maximum Gasteiger partial charge on any atom is 0.384 e. The van der Waals surface area contributed by atoms with E-state index < -0.39 is 5.97 Å². The molecule has 1 fully saturated rings. The van der Waals surface area contributed by atoms with Crippen molar-refractivity contribution in [3.8, 4) is 11.8 Å². The largest absolute Gasteiger partial charge is 0.459 e. The van der Waals surface area contributed by atoms with Crippen LogP contribution in [-0.2, 0) is 9.53 Å². The molecule has 12 heavy (non-hydrogen) atoms. The van der Waals surface area contributed by atoms with Gasteiger partial charge in [-0.15, -0.1) is 0 Å². The minimum Gasteiger partial charge on any atom is -0.459 e. The Labute approximate surface area is 73.3 Å². The van der Waals surface area contributed by atoms with Gasteiger partial charge in [-0.25, -0.2) is 4.79 Å². The Bertz CT molecular complexity index is 204. The molecule has 1 saturated carbocycles. The second-order valence-corrected chi connectivity index (χ2v) is 3.15. The predicted molar refractivity (Wildman–Crippen MR) is 46.4 cm³/mol. The molecule has 2 heteroatoms. The maximum atomic E-state index is 10.6. The summed E-state index contributed by atoms with van der Waals surface area (Å²) < 4.78 is 4.40. The molecule has 0 aliphatic heterocycles. The molecule has 0 N–H and O–H groups in total. The van der Waals surface area contributed by atoms with Gasteiger partial charge in [0.2, 0.25) is 0 Å². The van der Waals surface area contributed by atoms with Gasteiger partial charge in [-0.1, -0.05) is 18.8 Å². The monoisotopic (exact) mass is 166 g/mol. The van der Waals surface area contributed by atoms with Crippen LogP contribution in [0.5, 0.6) is 0 Å². The predicted octanol–water partition coefficient (Wildman–Crippen LogP) is 1.74. The molecule has 0 aromatic carbocycles. The van der Waals surface area contributed by atoms with Crippen molar-refractivity contribution in [1.82, 2.24) is 0 Å². The fourth-order valence-electron chi connectivity index (χ4n) is 1.53. The summed E-state index contributed by atoms with van der Waals surface area (Å²) >= 11 is 0. The average molecular weight is 166 g/mol. The van der Waals surface area contributed by atoms with Crippen molar-refractivity contribution in [2.45, 2.75) is 32.1 Å².